The molecule has 0 amide bonds. The first-order valence-electron chi connectivity index (χ1n) is 11.7. The van der Waals surface area contributed by atoms with Gasteiger partial charge < -0.3 is 25.0 Å². The van der Waals surface area contributed by atoms with Gasteiger partial charge in [-0.3, -0.25) is 4.99 Å². The van der Waals surface area contributed by atoms with Crippen molar-refractivity contribution in [2.24, 2.45) is 4.99 Å². The molecule has 7 nitrogen and oxygen atoms in total. The molecule has 0 aliphatic carbocycles. The fraction of sp³-hybridized carbons (Fsp3) is 0.520. The zero-order chi connectivity index (χ0) is 22.2. The van der Waals surface area contributed by atoms with Gasteiger partial charge in [-0.1, -0.05) is 12.1 Å². The maximum Gasteiger partial charge on any atom is 0.191 e. The van der Waals surface area contributed by atoms with Crippen LogP contribution in [-0.2, 0) is 17.8 Å². The lowest BCUT2D eigenvalue weighted by Crippen LogP contribution is -2.36. The fourth-order valence-electron chi connectivity index (χ4n) is 4.15. The SMILES string of the molecule is CN=C(NCc1ccnc(N2CCCCC2)c1)NCc1ccc(C)cc1OC1CCOC1. The zero-order valence-electron chi connectivity index (χ0n) is 19.3. The minimum atomic E-state index is 0.133. The summed E-state index contributed by atoms with van der Waals surface area (Å²) in [5.74, 6) is 2.75. The third kappa shape index (κ3) is 6.13. The number of guanidine groups is 1. The Morgan fingerprint density at radius 3 is 2.78 bits per heavy atom. The Morgan fingerprint density at radius 2 is 2.00 bits per heavy atom. The van der Waals surface area contributed by atoms with Gasteiger partial charge in [-0.2, -0.15) is 0 Å². The Morgan fingerprint density at radius 1 is 1.16 bits per heavy atom. The smallest absolute Gasteiger partial charge is 0.191 e. The second-order valence-corrected chi connectivity index (χ2v) is 8.56. The Kier molecular flexibility index (Phi) is 7.82. The van der Waals surface area contributed by atoms with Crippen molar-refractivity contribution in [2.75, 3.05) is 38.3 Å². The number of benzene rings is 1. The highest BCUT2D eigenvalue weighted by molar-refractivity contribution is 5.79. The number of rotatable bonds is 7. The summed E-state index contributed by atoms with van der Waals surface area (Å²) in [4.78, 5) is 11.3. The van der Waals surface area contributed by atoms with E-state index in [1.54, 1.807) is 7.05 Å². The van der Waals surface area contributed by atoms with E-state index in [0.717, 1.165) is 49.2 Å². The number of hydrogen-bond donors (Lipinski definition) is 2. The molecular formula is C25H35N5O2. The molecule has 32 heavy (non-hydrogen) atoms. The molecule has 2 fully saturated rings. The monoisotopic (exact) mass is 437 g/mol. The molecule has 0 bridgehead atoms. The van der Waals surface area contributed by atoms with Gasteiger partial charge in [-0.05, 0) is 55.5 Å². The second-order valence-electron chi connectivity index (χ2n) is 8.56. The molecule has 2 N–H and O–H groups in total. The summed E-state index contributed by atoms with van der Waals surface area (Å²) in [5, 5.41) is 6.84. The Balaban J connectivity index is 1.33. The van der Waals surface area contributed by atoms with Gasteiger partial charge in [0.25, 0.3) is 0 Å². The number of anilines is 1. The lowest BCUT2D eigenvalue weighted by molar-refractivity contribution is 0.140. The summed E-state index contributed by atoms with van der Waals surface area (Å²) >= 11 is 0. The van der Waals surface area contributed by atoms with Gasteiger partial charge in [0.05, 0.1) is 13.2 Å². The van der Waals surface area contributed by atoms with E-state index >= 15 is 0 Å². The Bertz CT molecular complexity index is 905. The van der Waals surface area contributed by atoms with Gasteiger partial charge in [0.2, 0.25) is 0 Å². The number of nitrogens with zero attached hydrogens (tertiary/aromatic N) is 3. The summed E-state index contributed by atoms with van der Waals surface area (Å²) in [6, 6.07) is 10.6. The van der Waals surface area contributed by atoms with Crippen molar-refractivity contribution in [2.45, 2.75) is 51.8 Å². The number of aliphatic imine (C=N–C) groups is 1. The molecule has 2 saturated heterocycles. The number of pyridine rings is 1. The first-order valence-corrected chi connectivity index (χ1v) is 11.7. The predicted molar refractivity (Wildman–Crippen MR) is 128 cm³/mol. The molecule has 0 saturated carbocycles. The van der Waals surface area contributed by atoms with Crippen LogP contribution in [0.25, 0.3) is 0 Å². The van der Waals surface area contributed by atoms with Crippen LogP contribution in [-0.4, -0.2) is 50.4 Å². The van der Waals surface area contributed by atoms with Gasteiger partial charge in [0.15, 0.2) is 5.96 Å². The molecular weight excluding hydrogens is 402 g/mol. The topological polar surface area (TPSA) is 71.0 Å². The van der Waals surface area contributed by atoms with Crippen molar-refractivity contribution in [3.63, 3.8) is 0 Å². The second kappa shape index (κ2) is 11.2. The lowest BCUT2D eigenvalue weighted by atomic mass is 10.1. The van der Waals surface area contributed by atoms with Gasteiger partial charge >= 0.3 is 0 Å². The van der Waals surface area contributed by atoms with Crippen LogP contribution in [0.2, 0.25) is 0 Å². The number of nitrogens with one attached hydrogen (secondary N) is 2. The van der Waals surface area contributed by atoms with Crippen LogP contribution >= 0.6 is 0 Å². The van der Waals surface area contributed by atoms with Crippen LogP contribution in [0.3, 0.4) is 0 Å². The first kappa shape index (κ1) is 22.4. The molecule has 2 aliphatic rings. The van der Waals surface area contributed by atoms with E-state index in [9.17, 15) is 0 Å². The van der Waals surface area contributed by atoms with Crippen LogP contribution < -0.4 is 20.3 Å². The van der Waals surface area contributed by atoms with E-state index in [4.69, 9.17) is 9.47 Å². The molecule has 4 rings (SSSR count). The van der Waals surface area contributed by atoms with Gasteiger partial charge in [-0.25, -0.2) is 4.98 Å². The predicted octanol–water partition coefficient (Wildman–Crippen LogP) is 3.41. The molecule has 1 aromatic heterocycles. The van der Waals surface area contributed by atoms with Gasteiger partial charge in [-0.15, -0.1) is 0 Å². The highest BCUT2D eigenvalue weighted by Gasteiger charge is 2.19. The van der Waals surface area contributed by atoms with E-state index in [1.165, 1.54) is 30.4 Å². The maximum absolute atomic E-state index is 6.22. The highest BCUT2D eigenvalue weighted by Crippen LogP contribution is 2.24. The third-order valence-corrected chi connectivity index (χ3v) is 6.02. The number of aromatic nitrogens is 1. The summed E-state index contributed by atoms with van der Waals surface area (Å²) in [7, 11) is 1.80. The maximum atomic E-state index is 6.22. The van der Waals surface area contributed by atoms with Crippen molar-refractivity contribution in [1.82, 2.24) is 15.6 Å². The van der Waals surface area contributed by atoms with E-state index < -0.39 is 0 Å². The molecule has 172 valence electrons. The third-order valence-electron chi connectivity index (χ3n) is 6.02. The molecule has 1 unspecified atom stereocenters. The first-order chi connectivity index (χ1) is 15.7. The van der Waals surface area contributed by atoms with Crippen molar-refractivity contribution in [1.29, 1.82) is 0 Å². The largest absolute Gasteiger partial charge is 0.488 e. The molecule has 1 atom stereocenters. The molecule has 0 radical (unpaired) electrons. The molecule has 1 aromatic carbocycles. The summed E-state index contributed by atoms with van der Waals surface area (Å²) in [5.41, 5.74) is 3.50. The van der Waals surface area contributed by atoms with E-state index in [2.05, 4.69) is 62.8 Å². The summed E-state index contributed by atoms with van der Waals surface area (Å²) < 4.78 is 11.7. The number of hydrogen-bond acceptors (Lipinski definition) is 5. The Labute approximate surface area is 191 Å². The summed E-state index contributed by atoms with van der Waals surface area (Å²) in [6.07, 6.45) is 6.80. The van der Waals surface area contributed by atoms with Crippen LogP contribution in [0, 0.1) is 6.92 Å². The highest BCUT2D eigenvalue weighted by atomic mass is 16.5. The van der Waals surface area contributed by atoms with E-state index in [1.807, 2.05) is 6.20 Å². The van der Waals surface area contributed by atoms with Gasteiger partial charge in [0, 0.05) is 51.4 Å². The number of ether oxygens (including phenoxy) is 2. The molecule has 2 aliphatic heterocycles. The van der Waals surface area contributed by atoms with Crippen LogP contribution in [0.15, 0.2) is 41.5 Å². The average molecular weight is 438 g/mol. The average Bonchev–Trinajstić information content (AvgIpc) is 3.34. The quantitative estimate of drug-likeness (QED) is 0.511. The minimum absolute atomic E-state index is 0.133. The van der Waals surface area contributed by atoms with Crippen molar-refractivity contribution in [3.05, 3.63) is 53.2 Å². The number of piperidine rings is 1. The number of aryl methyl sites for hydroxylation is 1. The minimum Gasteiger partial charge on any atom is -0.488 e. The van der Waals surface area contributed by atoms with Crippen LogP contribution in [0.1, 0.15) is 42.4 Å². The van der Waals surface area contributed by atoms with Crippen LogP contribution in [0.4, 0.5) is 5.82 Å². The van der Waals surface area contributed by atoms with Crippen molar-refractivity contribution < 1.29 is 9.47 Å². The van der Waals surface area contributed by atoms with Crippen molar-refractivity contribution >= 4 is 11.8 Å². The van der Waals surface area contributed by atoms with E-state index in [-0.39, 0.29) is 6.10 Å². The van der Waals surface area contributed by atoms with Gasteiger partial charge in [0.1, 0.15) is 17.7 Å². The molecule has 2 aromatic rings. The fourth-order valence-corrected chi connectivity index (χ4v) is 4.15. The Hall–Kier alpha value is -2.80. The zero-order valence-corrected chi connectivity index (χ0v) is 19.3. The van der Waals surface area contributed by atoms with Crippen molar-refractivity contribution in [3.8, 4) is 5.75 Å². The molecule has 7 heteroatoms. The normalized spacial score (nSPS) is 19.1. The molecule has 0 spiro atoms. The van der Waals surface area contributed by atoms with Crippen LogP contribution in [0.5, 0.6) is 5.75 Å². The standard InChI is InChI=1S/C25H35N5O2/c1-19-6-7-21(23(14-19)32-22-9-13-31-18-22)17-29-25(26-2)28-16-20-8-10-27-24(15-20)30-11-4-3-5-12-30/h6-8,10,14-15,22H,3-5,9,11-13,16-18H2,1-2H3,(H2,26,28,29). The summed E-state index contributed by atoms with van der Waals surface area (Å²) in [6.45, 7) is 7.05. The van der Waals surface area contributed by atoms with E-state index in [0.29, 0.717) is 19.7 Å². The molecule has 3 heterocycles. The lowest BCUT2D eigenvalue weighted by Gasteiger charge is -2.28.